The fraction of sp³-hybridized carbons (Fsp3) is 0.556. The molecule has 0 unspecified atom stereocenters. The summed E-state index contributed by atoms with van der Waals surface area (Å²) in [6.07, 6.45) is 0.993. The van der Waals surface area contributed by atoms with Gasteiger partial charge in [0.25, 0.3) is 0 Å². The molecule has 1 aliphatic rings. The van der Waals surface area contributed by atoms with Gasteiger partial charge >= 0.3 is 0 Å². The van der Waals surface area contributed by atoms with Gasteiger partial charge in [0.1, 0.15) is 0 Å². The molecule has 0 N–H and O–H groups in total. The summed E-state index contributed by atoms with van der Waals surface area (Å²) in [5.74, 6) is 0. The monoisotopic (exact) mass is 197 g/mol. The number of halogens is 1. The van der Waals surface area contributed by atoms with Crippen LogP contribution in [-0.2, 0) is 13.0 Å². The SMILES string of the molecule is CCN1CCc2nnc(Cl)cc2C1. The summed E-state index contributed by atoms with van der Waals surface area (Å²) in [7, 11) is 0. The lowest BCUT2D eigenvalue weighted by molar-refractivity contribution is 0.265. The molecule has 1 aromatic rings. The van der Waals surface area contributed by atoms with Crippen LogP contribution in [0.25, 0.3) is 0 Å². The Bertz CT molecular complexity index is 314. The summed E-state index contributed by atoms with van der Waals surface area (Å²) in [6, 6.07) is 1.92. The molecular formula is C9H12ClN3. The number of nitrogens with zero attached hydrogens (tertiary/aromatic N) is 3. The van der Waals surface area contributed by atoms with E-state index >= 15 is 0 Å². The molecule has 1 aromatic heterocycles. The van der Waals surface area contributed by atoms with Gasteiger partial charge in [0.2, 0.25) is 0 Å². The molecule has 0 fully saturated rings. The molecule has 0 bridgehead atoms. The van der Waals surface area contributed by atoms with Gasteiger partial charge in [0.05, 0.1) is 5.69 Å². The molecule has 70 valence electrons. The molecule has 13 heavy (non-hydrogen) atoms. The van der Waals surface area contributed by atoms with Crippen molar-refractivity contribution < 1.29 is 0 Å². The number of likely N-dealkylation sites (N-methyl/N-ethyl adjacent to an activating group) is 1. The van der Waals surface area contributed by atoms with E-state index in [-0.39, 0.29) is 0 Å². The van der Waals surface area contributed by atoms with E-state index < -0.39 is 0 Å². The zero-order valence-corrected chi connectivity index (χ0v) is 8.38. The molecular weight excluding hydrogens is 186 g/mol. The van der Waals surface area contributed by atoms with Gasteiger partial charge in [0.15, 0.2) is 5.15 Å². The van der Waals surface area contributed by atoms with E-state index in [4.69, 9.17) is 11.6 Å². The Labute approximate surface area is 82.7 Å². The Kier molecular flexibility index (Phi) is 2.47. The quantitative estimate of drug-likeness (QED) is 0.684. The molecule has 0 atom stereocenters. The van der Waals surface area contributed by atoms with Gasteiger partial charge in [-0.25, -0.2) is 0 Å². The highest BCUT2D eigenvalue weighted by Gasteiger charge is 2.16. The lowest BCUT2D eigenvalue weighted by Gasteiger charge is -2.26. The topological polar surface area (TPSA) is 29.0 Å². The minimum absolute atomic E-state index is 0.497. The van der Waals surface area contributed by atoms with Gasteiger partial charge in [0, 0.05) is 19.5 Å². The molecule has 0 spiro atoms. The Morgan fingerprint density at radius 3 is 3.15 bits per heavy atom. The van der Waals surface area contributed by atoms with Gasteiger partial charge in [-0.15, -0.1) is 5.10 Å². The third kappa shape index (κ3) is 1.81. The molecule has 0 saturated heterocycles. The molecule has 2 rings (SSSR count). The van der Waals surface area contributed by atoms with Crippen molar-refractivity contribution in [2.24, 2.45) is 0 Å². The van der Waals surface area contributed by atoms with Crippen molar-refractivity contribution in [1.29, 1.82) is 0 Å². The van der Waals surface area contributed by atoms with Crippen molar-refractivity contribution in [2.45, 2.75) is 19.9 Å². The highest BCUT2D eigenvalue weighted by atomic mass is 35.5. The van der Waals surface area contributed by atoms with Crippen LogP contribution in [-0.4, -0.2) is 28.2 Å². The second-order valence-corrected chi connectivity index (χ2v) is 3.65. The van der Waals surface area contributed by atoms with Crippen molar-refractivity contribution in [3.05, 3.63) is 22.5 Å². The van der Waals surface area contributed by atoms with E-state index in [1.54, 1.807) is 0 Å². The van der Waals surface area contributed by atoms with Crippen molar-refractivity contribution in [2.75, 3.05) is 13.1 Å². The first-order valence-corrected chi connectivity index (χ1v) is 4.90. The predicted octanol–water partition coefficient (Wildman–Crippen LogP) is 1.51. The summed E-state index contributed by atoms with van der Waals surface area (Å²) in [6.45, 7) is 5.29. The van der Waals surface area contributed by atoms with Gasteiger partial charge < -0.3 is 0 Å². The number of rotatable bonds is 1. The summed E-state index contributed by atoms with van der Waals surface area (Å²) in [4.78, 5) is 2.38. The van der Waals surface area contributed by atoms with E-state index in [0.717, 1.165) is 31.7 Å². The Morgan fingerprint density at radius 1 is 1.54 bits per heavy atom. The first-order valence-electron chi connectivity index (χ1n) is 4.53. The Balaban J connectivity index is 2.27. The first-order chi connectivity index (χ1) is 6.29. The predicted molar refractivity (Wildman–Crippen MR) is 51.7 cm³/mol. The highest BCUT2D eigenvalue weighted by Crippen LogP contribution is 2.18. The summed E-state index contributed by atoms with van der Waals surface area (Å²) in [5.41, 5.74) is 2.34. The third-order valence-corrected chi connectivity index (χ3v) is 2.62. The highest BCUT2D eigenvalue weighted by molar-refractivity contribution is 6.29. The van der Waals surface area contributed by atoms with Crippen LogP contribution in [0.5, 0.6) is 0 Å². The lowest BCUT2D eigenvalue weighted by atomic mass is 10.1. The van der Waals surface area contributed by atoms with Crippen LogP contribution in [0.4, 0.5) is 0 Å². The first kappa shape index (κ1) is 8.91. The normalized spacial score (nSPS) is 17.1. The molecule has 4 heteroatoms. The van der Waals surface area contributed by atoms with Crippen LogP contribution in [0.3, 0.4) is 0 Å². The van der Waals surface area contributed by atoms with Crippen LogP contribution >= 0.6 is 11.6 Å². The second-order valence-electron chi connectivity index (χ2n) is 3.26. The zero-order valence-electron chi connectivity index (χ0n) is 7.63. The molecule has 1 aliphatic heterocycles. The summed E-state index contributed by atoms with van der Waals surface area (Å²) in [5, 5.41) is 8.42. The standard InChI is InChI=1S/C9H12ClN3/c1-2-13-4-3-8-7(6-13)5-9(10)12-11-8/h5H,2-4,6H2,1H3. The molecule has 0 aliphatic carbocycles. The largest absolute Gasteiger partial charge is 0.299 e. The van der Waals surface area contributed by atoms with Crippen molar-refractivity contribution in [1.82, 2.24) is 15.1 Å². The number of hydrogen-bond donors (Lipinski definition) is 0. The lowest BCUT2D eigenvalue weighted by Crippen LogP contribution is -2.30. The van der Waals surface area contributed by atoms with Crippen LogP contribution in [0, 0.1) is 0 Å². The van der Waals surface area contributed by atoms with E-state index in [9.17, 15) is 0 Å². The molecule has 0 radical (unpaired) electrons. The van der Waals surface area contributed by atoms with Crippen molar-refractivity contribution in [3.63, 3.8) is 0 Å². The average molecular weight is 198 g/mol. The van der Waals surface area contributed by atoms with Gasteiger partial charge in [-0.3, -0.25) is 4.90 Å². The number of fused-ring (bicyclic) bond motifs is 1. The number of aromatic nitrogens is 2. The molecule has 3 nitrogen and oxygen atoms in total. The van der Waals surface area contributed by atoms with E-state index in [1.165, 1.54) is 5.56 Å². The maximum Gasteiger partial charge on any atom is 0.152 e. The van der Waals surface area contributed by atoms with Crippen molar-refractivity contribution in [3.8, 4) is 0 Å². The minimum atomic E-state index is 0.497. The van der Waals surface area contributed by atoms with Crippen LogP contribution < -0.4 is 0 Å². The third-order valence-electron chi connectivity index (χ3n) is 2.44. The number of hydrogen-bond acceptors (Lipinski definition) is 3. The average Bonchev–Trinajstić information content (AvgIpc) is 2.16. The summed E-state index contributed by atoms with van der Waals surface area (Å²) >= 11 is 5.78. The van der Waals surface area contributed by atoms with E-state index in [1.807, 2.05) is 6.07 Å². The van der Waals surface area contributed by atoms with Gasteiger partial charge in [-0.1, -0.05) is 18.5 Å². The van der Waals surface area contributed by atoms with Crippen molar-refractivity contribution >= 4 is 11.6 Å². The summed E-state index contributed by atoms with van der Waals surface area (Å²) < 4.78 is 0. The molecule has 2 heterocycles. The zero-order chi connectivity index (χ0) is 9.26. The van der Waals surface area contributed by atoms with E-state index in [2.05, 4.69) is 22.0 Å². The van der Waals surface area contributed by atoms with Crippen LogP contribution in [0.15, 0.2) is 6.07 Å². The van der Waals surface area contributed by atoms with Crippen LogP contribution in [0.2, 0.25) is 5.15 Å². The fourth-order valence-corrected chi connectivity index (χ4v) is 1.80. The van der Waals surface area contributed by atoms with Crippen LogP contribution in [0.1, 0.15) is 18.2 Å². The maximum atomic E-state index is 5.78. The Morgan fingerprint density at radius 2 is 2.38 bits per heavy atom. The smallest absolute Gasteiger partial charge is 0.152 e. The fourth-order valence-electron chi connectivity index (χ4n) is 1.63. The molecule has 0 aromatic carbocycles. The maximum absolute atomic E-state index is 5.78. The van der Waals surface area contributed by atoms with E-state index in [0.29, 0.717) is 5.15 Å². The Hall–Kier alpha value is -0.670. The molecule has 0 saturated carbocycles. The minimum Gasteiger partial charge on any atom is -0.299 e. The van der Waals surface area contributed by atoms with Gasteiger partial charge in [-0.2, -0.15) is 5.10 Å². The second kappa shape index (κ2) is 3.60. The molecule has 0 amide bonds. The van der Waals surface area contributed by atoms with Gasteiger partial charge in [-0.05, 0) is 18.2 Å².